The zero-order chi connectivity index (χ0) is 13.7. The van der Waals surface area contributed by atoms with Crippen LogP contribution in [0.15, 0.2) is 24.3 Å². The minimum atomic E-state index is -0.226. The Hall–Kier alpha value is -1.39. The van der Waals surface area contributed by atoms with Crippen molar-refractivity contribution in [1.29, 1.82) is 0 Å². The van der Waals surface area contributed by atoms with Crippen molar-refractivity contribution >= 4 is 5.91 Å². The lowest BCUT2D eigenvalue weighted by Crippen LogP contribution is -2.43. The third-order valence-electron chi connectivity index (χ3n) is 3.90. The lowest BCUT2D eigenvalue weighted by atomic mass is 9.81. The molecule has 1 fully saturated rings. The van der Waals surface area contributed by atoms with Gasteiger partial charge in [-0.3, -0.25) is 4.79 Å². The number of hydrogen-bond donors (Lipinski definition) is 2. The van der Waals surface area contributed by atoms with Gasteiger partial charge in [0, 0.05) is 30.7 Å². The number of hydrogen-bond acceptors (Lipinski definition) is 3. The fraction of sp³-hybridized carbons (Fsp3) is 0.533. The zero-order valence-corrected chi connectivity index (χ0v) is 11.3. The summed E-state index contributed by atoms with van der Waals surface area (Å²) in [5.41, 5.74) is 1.43. The van der Waals surface area contributed by atoms with Gasteiger partial charge in [-0.25, -0.2) is 0 Å². The first kappa shape index (κ1) is 14.0. The second kappa shape index (κ2) is 6.17. The first-order chi connectivity index (χ1) is 9.17. The van der Waals surface area contributed by atoms with Crippen LogP contribution in [0.25, 0.3) is 0 Å². The van der Waals surface area contributed by atoms with E-state index in [-0.39, 0.29) is 17.9 Å². The first-order valence-corrected chi connectivity index (χ1v) is 6.69. The number of ether oxygens (including phenoxy) is 1. The van der Waals surface area contributed by atoms with E-state index in [0.29, 0.717) is 25.3 Å². The maximum atomic E-state index is 12.1. The van der Waals surface area contributed by atoms with Crippen molar-refractivity contribution in [3.8, 4) is 0 Å². The molecule has 0 atom stereocenters. The molecule has 4 heteroatoms. The molecule has 1 saturated heterocycles. The molecule has 1 aliphatic heterocycles. The molecule has 4 nitrogen and oxygen atoms in total. The monoisotopic (exact) mass is 263 g/mol. The van der Waals surface area contributed by atoms with E-state index in [1.807, 2.05) is 31.2 Å². The molecule has 1 aromatic rings. The SMILES string of the molecule is Cc1ccccc1C(=O)NCC1(CO)CCOCC1. The van der Waals surface area contributed by atoms with E-state index in [9.17, 15) is 9.90 Å². The summed E-state index contributed by atoms with van der Waals surface area (Å²) in [6.07, 6.45) is 1.58. The van der Waals surface area contributed by atoms with Crippen molar-refractivity contribution in [3.05, 3.63) is 35.4 Å². The van der Waals surface area contributed by atoms with E-state index < -0.39 is 0 Å². The number of carbonyl (C=O) groups excluding carboxylic acids is 1. The van der Waals surface area contributed by atoms with Crippen LogP contribution < -0.4 is 5.32 Å². The highest BCUT2D eigenvalue weighted by Gasteiger charge is 2.32. The number of aryl methyl sites for hydroxylation is 1. The molecule has 1 heterocycles. The van der Waals surface area contributed by atoms with Crippen LogP contribution in [0.2, 0.25) is 0 Å². The van der Waals surface area contributed by atoms with Gasteiger partial charge in [0.05, 0.1) is 6.61 Å². The highest BCUT2D eigenvalue weighted by atomic mass is 16.5. The van der Waals surface area contributed by atoms with Crippen LogP contribution in [0.1, 0.15) is 28.8 Å². The molecule has 104 valence electrons. The van der Waals surface area contributed by atoms with E-state index in [2.05, 4.69) is 5.32 Å². The second-order valence-corrected chi connectivity index (χ2v) is 5.27. The van der Waals surface area contributed by atoms with Crippen molar-refractivity contribution in [1.82, 2.24) is 5.32 Å². The summed E-state index contributed by atoms with van der Waals surface area (Å²) in [6, 6.07) is 7.52. The minimum absolute atomic E-state index is 0.0718. The van der Waals surface area contributed by atoms with Crippen LogP contribution in [0.4, 0.5) is 0 Å². The average Bonchev–Trinajstić information content (AvgIpc) is 2.46. The summed E-state index contributed by atoms with van der Waals surface area (Å²) in [4.78, 5) is 12.1. The molecule has 0 aromatic heterocycles. The molecule has 19 heavy (non-hydrogen) atoms. The van der Waals surface area contributed by atoms with Crippen LogP contribution in [0, 0.1) is 12.3 Å². The third kappa shape index (κ3) is 3.33. The Labute approximate surface area is 113 Å². The topological polar surface area (TPSA) is 58.6 Å². The summed E-state index contributed by atoms with van der Waals surface area (Å²) in [5.74, 6) is -0.0718. The molecule has 0 spiro atoms. The molecule has 1 aliphatic rings. The van der Waals surface area contributed by atoms with Crippen LogP contribution in [-0.4, -0.2) is 37.4 Å². The predicted octanol–water partition coefficient (Wildman–Crippen LogP) is 1.51. The predicted molar refractivity (Wildman–Crippen MR) is 73.1 cm³/mol. The molecular weight excluding hydrogens is 242 g/mol. The van der Waals surface area contributed by atoms with Gasteiger partial charge in [0.15, 0.2) is 0 Å². The van der Waals surface area contributed by atoms with Gasteiger partial charge in [0.25, 0.3) is 5.91 Å². The van der Waals surface area contributed by atoms with Crippen molar-refractivity contribution in [2.24, 2.45) is 5.41 Å². The fourth-order valence-electron chi connectivity index (χ4n) is 2.39. The molecule has 2 rings (SSSR count). The Morgan fingerprint density at radius 2 is 2.05 bits per heavy atom. The van der Waals surface area contributed by atoms with E-state index >= 15 is 0 Å². The number of rotatable bonds is 4. The molecule has 0 radical (unpaired) electrons. The lowest BCUT2D eigenvalue weighted by Gasteiger charge is -2.35. The van der Waals surface area contributed by atoms with Crippen molar-refractivity contribution in [2.75, 3.05) is 26.4 Å². The van der Waals surface area contributed by atoms with Gasteiger partial charge in [-0.15, -0.1) is 0 Å². The van der Waals surface area contributed by atoms with Gasteiger partial charge < -0.3 is 15.2 Å². The Bertz CT molecular complexity index is 439. The summed E-state index contributed by atoms with van der Waals surface area (Å²) < 4.78 is 5.31. The number of aliphatic hydroxyl groups excluding tert-OH is 1. The van der Waals surface area contributed by atoms with Gasteiger partial charge in [-0.2, -0.15) is 0 Å². The summed E-state index contributed by atoms with van der Waals surface area (Å²) in [5, 5.41) is 12.5. The number of nitrogens with one attached hydrogen (secondary N) is 1. The molecule has 2 N–H and O–H groups in total. The highest BCUT2D eigenvalue weighted by Crippen LogP contribution is 2.29. The van der Waals surface area contributed by atoms with Crippen molar-refractivity contribution < 1.29 is 14.6 Å². The maximum absolute atomic E-state index is 12.1. The number of amides is 1. The average molecular weight is 263 g/mol. The van der Waals surface area contributed by atoms with Crippen molar-refractivity contribution in [2.45, 2.75) is 19.8 Å². The quantitative estimate of drug-likeness (QED) is 0.865. The Kier molecular flexibility index (Phi) is 4.56. The maximum Gasteiger partial charge on any atom is 0.251 e. The molecule has 1 aromatic carbocycles. The van der Waals surface area contributed by atoms with Gasteiger partial charge in [0.1, 0.15) is 0 Å². The fourth-order valence-corrected chi connectivity index (χ4v) is 2.39. The van der Waals surface area contributed by atoms with Gasteiger partial charge in [-0.05, 0) is 31.4 Å². The third-order valence-corrected chi connectivity index (χ3v) is 3.90. The Balaban J connectivity index is 1.98. The molecule has 0 unspecified atom stereocenters. The van der Waals surface area contributed by atoms with E-state index in [4.69, 9.17) is 4.74 Å². The van der Waals surface area contributed by atoms with Crippen LogP contribution in [-0.2, 0) is 4.74 Å². The Morgan fingerprint density at radius 1 is 1.37 bits per heavy atom. The normalized spacial score (nSPS) is 18.0. The molecular formula is C15H21NO3. The van der Waals surface area contributed by atoms with E-state index in [0.717, 1.165) is 18.4 Å². The van der Waals surface area contributed by atoms with Crippen LogP contribution >= 0.6 is 0 Å². The van der Waals surface area contributed by atoms with Gasteiger partial charge in [-0.1, -0.05) is 18.2 Å². The summed E-state index contributed by atoms with van der Waals surface area (Å²) in [7, 11) is 0. The van der Waals surface area contributed by atoms with Crippen LogP contribution in [0.3, 0.4) is 0 Å². The molecule has 0 bridgehead atoms. The van der Waals surface area contributed by atoms with Gasteiger partial charge in [0.2, 0.25) is 0 Å². The summed E-state index contributed by atoms with van der Waals surface area (Å²) >= 11 is 0. The van der Waals surface area contributed by atoms with Crippen LogP contribution in [0.5, 0.6) is 0 Å². The number of aliphatic hydroxyl groups is 1. The van der Waals surface area contributed by atoms with E-state index in [1.165, 1.54) is 0 Å². The second-order valence-electron chi connectivity index (χ2n) is 5.27. The number of carbonyl (C=O) groups is 1. The molecule has 0 saturated carbocycles. The summed E-state index contributed by atoms with van der Waals surface area (Å²) in [6.45, 7) is 3.82. The smallest absolute Gasteiger partial charge is 0.251 e. The number of benzene rings is 1. The van der Waals surface area contributed by atoms with Crippen molar-refractivity contribution in [3.63, 3.8) is 0 Å². The zero-order valence-electron chi connectivity index (χ0n) is 11.3. The molecule has 1 amide bonds. The Morgan fingerprint density at radius 3 is 2.68 bits per heavy atom. The first-order valence-electron chi connectivity index (χ1n) is 6.69. The largest absolute Gasteiger partial charge is 0.396 e. The lowest BCUT2D eigenvalue weighted by molar-refractivity contribution is -0.0146. The van der Waals surface area contributed by atoms with Gasteiger partial charge >= 0.3 is 0 Å². The highest BCUT2D eigenvalue weighted by molar-refractivity contribution is 5.95. The standard InChI is InChI=1S/C15H21NO3/c1-12-4-2-3-5-13(12)14(18)16-10-15(11-17)6-8-19-9-7-15/h2-5,17H,6-11H2,1H3,(H,16,18). The molecule has 0 aliphatic carbocycles. The minimum Gasteiger partial charge on any atom is -0.396 e. The van der Waals surface area contributed by atoms with E-state index in [1.54, 1.807) is 0 Å².